The number of nitrogens with one attached hydrogen (secondary N) is 1. The number of aromatic hydroxyl groups is 1. The zero-order chi connectivity index (χ0) is 17.5. The molecule has 2 aromatic rings. The largest absolute Gasteiger partial charge is 0.507 e. The summed E-state index contributed by atoms with van der Waals surface area (Å²) in [4.78, 5) is 11.6. The van der Waals surface area contributed by atoms with E-state index >= 15 is 0 Å². The lowest BCUT2D eigenvalue weighted by molar-refractivity contribution is 0.0150. The molecule has 128 valence electrons. The second-order valence-corrected chi connectivity index (χ2v) is 5.13. The first-order valence-electron chi connectivity index (χ1n) is 7.27. The molecule has 0 saturated carbocycles. The maximum atomic E-state index is 13.6. The van der Waals surface area contributed by atoms with Crippen LogP contribution in [0.25, 0.3) is 0 Å². The minimum Gasteiger partial charge on any atom is -0.507 e. The molecule has 2 rings (SSSR count). The van der Waals surface area contributed by atoms with Gasteiger partial charge in [-0.05, 0) is 17.7 Å². The van der Waals surface area contributed by atoms with Gasteiger partial charge in [0.15, 0.2) is 0 Å². The third kappa shape index (κ3) is 4.68. The molecule has 1 amide bonds. The van der Waals surface area contributed by atoms with Gasteiger partial charge < -0.3 is 25.4 Å². The van der Waals surface area contributed by atoms with E-state index in [2.05, 4.69) is 5.32 Å². The molecule has 0 bridgehead atoms. The lowest BCUT2D eigenvalue weighted by Crippen LogP contribution is -2.36. The van der Waals surface area contributed by atoms with Crippen molar-refractivity contribution in [3.63, 3.8) is 0 Å². The van der Waals surface area contributed by atoms with E-state index in [0.29, 0.717) is 0 Å². The van der Waals surface area contributed by atoms with Crippen LogP contribution in [-0.2, 0) is 11.3 Å². The molecule has 0 radical (unpaired) electrons. The number of alkyl carbamates (subject to hydrolysis) is 1. The highest BCUT2D eigenvalue weighted by atomic mass is 19.1. The Kier molecular flexibility index (Phi) is 6.11. The smallest absolute Gasteiger partial charge is 0.407 e. The van der Waals surface area contributed by atoms with Gasteiger partial charge in [0.1, 0.15) is 30.4 Å². The lowest BCUT2D eigenvalue weighted by Gasteiger charge is -2.19. The fraction of sp³-hybridized carbons (Fsp3) is 0.235. The molecule has 2 aromatic carbocycles. The highest BCUT2D eigenvalue weighted by Crippen LogP contribution is 2.28. The number of carbonyl (C=O) groups is 1. The van der Waals surface area contributed by atoms with Crippen molar-refractivity contribution in [3.8, 4) is 5.75 Å². The Morgan fingerprint density at radius 1 is 1.12 bits per heavy atom. The predicted molar refractivity (Wildman–Crippen MR) is 83.7 cm³/mol. The second kappa shape index (κ2) is 8.28. The molecule has 0 aliphatic rings. The molecule has 0 heterocycles. The summed E-state index contributed by atoms with van der Waals surface area (Å²) in [5.41, 5.74) is 0.369. The van der Waals surface area contributed by atoms with Gasteiger partial charge in [-0.1, -0.05) is 36.4 Å². The van der Waals surface area contributed by atoms with Crippen LogP contribution in [0, 0.1) is 5.82 Å². The van der Waals surface area contributed by atoms with Gasteiger partial charge in [-0.15, -0.1) is 0 Å². The van der Waals surface area contributed by atoms with Crippen molar-refractivity contribution < 1.29 is 29.2 Å². The van der Waals surface area contributed by atoms with Gasteiger partial charge in [-0.3, -0.25) is 0 Å². The fourth-order valence-corrected chi connectivity index (χ4v) is 2.08. The van der Waals surface area contributed by atoms with Crippen LogP contribution >= 0.6 is 0 Å². The molecule has 0 saturated heterocycles. The van der Waals surface area contributed by atoms with Crippen LogP contribution in [0.5, 0.6) is 5.75 Å². The van der Waals surface area contributed by atoms with Crippen LogP contribution in [0.3, 0.4) is 0 Å². The standard InChI is InChI=1S/C17H18FNO5/c18-12-7-4-8-13(20)15(12)16(22)14(21)9-19-17(23)24-10-11-5-2-1-3-6-11/h1-8,14,16,20-22H,9-10H2,(H,19,23). The van der Waals surface area contributed by atoms with Crippen molar-refractivity contribution >= 4 is 6.09 Å². The van der Waals surface area contributed by atoms with Gasteiger partial charge in [0.05, 0.1) is 5.56 Å². The van der Waals surface area contributed by atoms with Crippen LogP contribution in [0.15, 0.2) is 48.5 Å². The number of halogens is 1. The molecule has 4 N–H and O–H groups in total. The van der Waals surface area contributed by atoms with Crippen molar-refractivity contribution in [2.45, 2.75) is 18.8 Å². The van der Waals surface area contributed by atoms with Crippen molar-refractivity contribution in [1.82, 2.24) is 5.32 Å². The second-order valence-electron chi connectivity index (χ2n) is 5.13. The van der Waals surface area contributed by atoms with E-state index in [4.69, 9.17) is 4.74 Å². The van der Waals surface area contributed by atoms with Gasteiger partial charge in [0, 0.05) is 6.54 Å². The summed E-state index contributed by atoms with van der Waals surface area (Å²) in [5, 5.41) is 31.6. The van der Waals surface area contributed by atoms with Gasteiger partial charge in [0.2, 0.25) is 0 Å². The van der Waals surface area contributed by atoms with E-state index in [1.807, 2.05) is 6.07 Å². The highest BCUT2D eigenvalue weighted by molar-refractivity contribution is 5.67. The van der Waals surface area contributed by atoms with Crippen molar-refractivity contribution in [1.29, 1.82) is 0 Å². The Bertz CT molecular complexity index is 660. The number of aliphatic hydroxyl groups excluding tert-OH is 2. The van der Waals surface area contributed by atoms with E-state index < -0.39 is 35.4 Å². The third-order valence-electron chi connectivity index (χ3n) is 3.36. The molecular weight excluding hydrogens is 317 g/mol. The SMILES string of the molecule is O=C(NCC(O)C(O)c1c(O)cccc1F)OCc1ccccc1. The molecule has 0 aliphatic carbocycles. The maximum absolute atomic E-state index is 13.6. The van der Waals surface area contributed by atoms with E-state index in [0.717, 1.165) is 11.6 Å². The average molecular weight is 335 g/mol. The van der Waals surface area contributed by atoms with Gasteiger partial charge in [-0.25, -0.2) is 9.18 Å². The summed E-state index contributed by atoms with van der Waals surface area (Å²) < 4.78 is 18.6. The number of rotatable bonds is 6. The Labute approximate surface area is 138 Å². The van der Waals surface area contributed by atoms with Crippen LogP contribution in [0.4, 0.5) is 9.18 Å². The Morgan fingerprint density at radius 3 is 2.50 bits per heavy atom. The Morgan fingerprint density at radius 2 is 1.83 bits per heavy atom. The fourth-order valence-electron chi connectivity index (χ4n) is 2.08. The van der Waals surface area contributed by atoms with Crippen molar-refractivity contribution in [3.05, 3.63) is 65.5 Å². The van der Waals surface area contributed by atoms with Crippen molar-refractivity contribution in [2.24, 2.45) is 0 Å². The summed E-state index contributed by atoms with van der Waals surface area (Å²) in [6.07, 6.45) is -4.00. The minimum absolute atomic E-state index is 0.0550. The third-order valence-corrected chi connectivity index (χ3v) is 3.36. The molecule has 7 heteroatoms. The first-order valence-corrected chi connectivity index (χ1v) is 7.27. The predicted octanol–water partition coefficient (Wildman–Crippen LogP) is 1.85. The van der Waals surface area contributed by atoms with Crippen molar-refractivity contribution in [2.75, 3.05) is 6.54 Å². The molecular formula is C17H18FNO5. The Balaban J connectivity index is 1.83. The number of aliphatic hydroxyl groups is 2. The highest BCUT2D eigenvalue weighted by Gasteiger charge is 2.25. The zero-order valence-corrected chi connectivity index (χ0v) is 12.7. The lowest BCUT2D eigenvalue weighted by atomic mass is 10.0. The van der Waals surface area contributed by atoms with Crippen LogP contribution in [-0.4, -0.2) is 34.1 Å². The first-order chi connectivity index (χ1) is 11.5. The number of carbonyl (C=O) groups excluding carboxylic acids is 1. The molecule has 0 fully saturated rings. The molecule has 2 unspecified atom stereocenters. The topological polar surface area (TPSA) is 99.0 Å². The normalized spacial score (nSPS) is 13.1. The van der Waals surface area contributed by atoms with Gasteiger partial charge in [0.25, 0.3) is 0 Å². The summed E-state index contributed by atoms with van der Waals surface area (Å²) >= 11 is 0. The van der Waals surface area contributed by atoms with Crippen LogP contribution in [0.2, 0.25) is 0 Å². The maximum Gasteiger partial charge on any atom is 0.407 e. The Hall–Kier alpha value is -2.64. The number of phenolic OH excluding ortho intramolecular Hbond substituents is 1. The monoisotopic (exact) mass is 335 g/mol. The quantitative estimate of drug-likeness (QED) is 0.646. The summed E-state index contributed by atoms with van der Waals surface area (Å²) in [6.45, 7) is -0.317. The number of phenols is 1. The molecule has 24 heavy (non-hydrogen) atoms. The number of benzene rings is 2. The number of hydrogen-bond acceptors (Lipinski definition) is 5. The van der Waals surface area contributed by atoms with E-state index in [1.165, 1.54) is 12.1 Å². The number of hydrogen-bond donors (Lipinski definition) is 4. The van der Waals surface area contributed by atoms with Crippen LogP contribution in [0.1, 0.15) is 17.2 Å². The minimum atomic E-state index is -1.69. The molecule has 0 aliphatic heterocycles. The first kappa shape index (κ1) is 17.7. The summed E-state index contributed by atoms with van der Waals surface area (Å²) in [6, 6.07) is 12.5. The molecule has 0 aromatic heterocycles. The van der Waals surface area contributed by atoms with Crippen LogP contribution < -0.4 is 5.32 Å². The average Bonchev–Trinajstić information content (AvgIpc) is 2.58. The zero-order valence-electron chi connectivity index (χ0n) is 12.7. The van der Waals surface area contributed by atoms with E-state index in [9.17, 15) is 24.5 Å². The van der Waals surface area contributed by atoms with Gasteiger partial charge in [-0.2, -0.15) is 0 Å². The molecule has 0 spiro atoms. The summed E-state index contributed by atoms with van der Waals surface area (Å²) in [5.74, 6) is -1.33. The number of amides is 1. The molecule has 2 atom stereocenters. The van der Waals surface area contributed by atoms with E-state index in [-0.39, 0.29) is 13.2 Å². The summed E-state index contributed by atoms with van der Waals surface area (Å²) in [7, 11) is 0. The number of ether oxygens (including phenoxy) is 1. The molecule has 6 nitrogen and oxygen atoms in total. The van der Waals surface area contributed by atoms with E-state index in [1.54, 1.807) is 24.3 Å². The van der Waals surface area contributed by atoms with Gasteiger partial charge >= 0.3 is 6.09 Å².